The first kappa shape index (κ1) is 16.0. The smallest absolute Gasteiger partial charge is 0.0817 e. The number of quaternary nitrogens is 1. The Morgan fingerprint density at radius 1 is 1.00 bits per heavy atom. The lowest BCUT2D eigenvalue weighted by molar-refractivity contribution is -0.918. The highest BCUT2D eigenvalue weighted by molar-refractivity contribution is 4.67. The molecule has 1 aliphatic rings. The molecule has 18 heavy (non-hydrogen) atoms. The predicted octanol–water partition coefficient (Wildman–Crippen LogP) is 3.59. The molecule has 0 radical (unpaired) electrons. The molecule has 0 aromatic carbocycles. The van der Waals surface area contributed by atoms with Gasteiger partial charge in [-0.15, -0.1) is 0 Å². The molecule has 2 atom stereocenters. The number of hydrogen-bond donors (Lipinski definition) is 1. The fourth-order valence-corrected chi connectivity index (χ4v) is 3.49. The summed E-state index contributed by atoms with van der Waals surface area (Å²) < 4.78 is 1.36. The molecule has 0 saturated carbocycles. The van der Waals surface area contributed by atoms with Gasteiger partial charge in [0.1, 0.15) is 0 Å². The number of nitrogens with zero attached hydrogens (tertiary/aromatic N) is 1. The molecule has 1 N–H and O–H groups in total. The molecule has 0 aliphatic carbocycles. The van der Waals surface area contributed by atoms with Crippen LogP contribution in [0.2, 0.25) is 0 Å². The van der Waals surface area contributed by atoms with Crippen molar-refractivity contribution in [3.05, 3.63) is 0 Å². The molecule has 1 heterocycles. The first-order valence-electron chi connectivity index (χ1n) is 8.22. The highest BCUT2D eigenvalue weighted by Gasteiger charge is 2.36. The maximum absolute atomic E-state index is 8.96. The number of likely N-dealkylation sites (tertiary alicyclic amines) is 1. The molecule has 108 valence electrons. The number of hydrogen-bond acceptors (Lipinski definition) is 1. The van der Waals surface area contributed by atoms with Gasteiger partial charge in [0.25, 0.3) is 0 Å². The van der Waals surface area contributed by atoms with Gasteiger partial charge in [0.2, 0.25) is 0 Å². The molecule has 2 unspecified atom stereocenters. The third-order valence-electron chi connectivity index (χ3n) is 4.65. The van der Waals surface area contributed by atoms with E-state index in [9.17, 15) is 0 Å². The zero-order chi connectivity index (χ0) is 13.3. The van der Waals surface area contributed by atoms with Gasteiger partial charge in [0.15, 0.2) is 0 Å². The quantitative estimate of drug-likeness (QED) is 0.468. The lowest BCUT2D eigenvalue weighted by Crippen LogP contribution is -2.47. The van der Waals surface area contributed by atoms with Crippen LogP contribution in [0.3, 0.4) is 0 Å². The van der Waals surface area contributed by atoms with Crippen molar-refractivity contribution in [2.45, 2.75) is 65.2 Å². The Bertz CT molecular complexity index is 207. The van der Waals surface area contributed by atoms with Crippen LogP contribution in [0.1, 0.15) is 65.2 Å². The largest absolute Gasteiger partial charge is 0.396 e. The molecule has 1 aliphatic heterocycles. The Kier molecular flexibility index (Phi) is 7.92. The van der Waals surface area contributed by atoms with Crippen LogP contribution in [-0.4, -0.2) is 42.4 Å². The van der Waals surface area contributed by atoms with Gasteiger partial charge in [0, 0.05) is 18.9 Å². The molecule has 0 bridgehead atoms. The van der Waals surface area contributed by atoms with Gasteiger partial charge in [0.05, 0.1) is 26.2 Å². The van der Waals surface area contributed by atoms with Gasteiger partial charge < -0.3 is 9.59 Å². The molecule has 1 rings (SSSR count). The van der Waals surface area contributed by atoms with Crippen LogP contribution in [0.25, 0.3) is 0 Å². The summed E-state index contributed by atoms with van der Waals surface area (Å²) in [5.41, 5.74) is 0. The van der Waals surface area contributed by atoms with Crippen LogP contribution in [0.5, 0.6) is 0 Å². The molecule has 0 spiro atoms. The second-order valence-corrected chi connectivity index (χ2v) is 6.28. The summed E-state index contributed by atoms with van der Waals surface area (Å²) >= 11 is 0. The van der Waals surface area contributed by atoms with Crippen LogP contribution < -0.4 is 0 Å². The second kappa shape index (κ2) is 8.92. The molecular weight excluding hydrogens is 222 g/mol. The highest BCUT2D eigenvalue weighted by atomic mass is 16.2. The van der Waals surface area contributed by atoms with E-state index in [-0.39, 0.29) is 0 Å². The zero-order valence-corrected chi connectivity index (χ0v) is 12.7. The second-order valence-electron chi connectivity index (χ2n) is 6.28. The van der Waals surface area contributed by atoms with Crippen molar-refractivity contribution in [3.63, 3.8) is 0 Å². The summed E-state index contributed by atoms with van der Waals surface area (Å²) in [6, 6.07) is 0. The first-order chi connectivity index (χ1) is 8.76. The third-order valence-corrected chi connectivity index (χ3v) is 4.65. The lowest BCUT2D eigenvalue weighted by atomic mass is 10.0. The van der Waals surface area contributed by atoms with E-state index in [0.29, 0.717) is 6.61 Å². The number of unbranched alkanes of at least 4 members (excludes halogenated alkanes) is 3. The fraction of sp³-hybridized carbons (Fsp3) is 1.00. The summed E-state index contributed by atoms with van der Waals surface area (Å²) in [6.45, 7) is 10.5. The number of aliphatic hydroxyl groups is 1. The summed E-state index contributed by atoms with van der Waals surface area (Å²) in [5.74, 6) is 0.982. The van der Waals surface area contributed by atoms with Crippen LogP contribution in [0.15, 0.2) is 0 Å². The Morgan fingerprint density at radius 3 is 2.39 bits per heavy atom. The molecule has 1 fully saturated rings. The average molecular weight is 256 g/mol. The molecule has 0 aromatic rings. The van der Waals surface area contributed by atoms with Crippen LogP contribution in [0, 0.1) is 5.92 Å². The van der Waals surface area contributed by atoms with E-state index >= 15 is 0 Å². The summed E-state index contributed by atoms with van der Waals surface area (Å²) in [6.07, 6.45) is 10.5. The molecule has 2 heteroatoms. The van der Waals surface area contributed by atoms with Crippen molar-refractivity contribution in [2.75, 3.05) is 32.8 Å². The fourth-order valence-electron chi connectivity index (χ4n) is 3.49. The molecule has 1 saturated heterocycles. The minimum atomic E-state index is 0.368. The third kappa shape index (κ3) is 5.27. The minimum absolute atomic E-state index is 0.368. The van der Waals surface area contributed by atoms with Crippen molar-refractivity contribution < 1.29 is 9.59 Å². The van der Waals surface area contributed by atoms with Crippen LogP contribution in [-0.2, 0) is 0 Å². The molecular formula is C16H34NO+. The summed E-state index contributed by atoms with van der Waals surface area (Å²) in [7, 11) is 0. The lowest BCUT2D eigenvalue weighted by Gasteiger charge is -2.35. The number of aliphatic hydroxyl groups excluding tert-OH is 1. The molecule has 0 amide bonds. The normalized spacial score (nSPS) is 27.8. The van der Waals surface area contributed by atoms with Gasteiger partial charge >= 0.3 is 0 Å². The van der Waals surface area contributed by atoms with Gasteiger partial charge in [-0.05, 0) is 25.7 Å². The van der Waals surface area contributed by atoms with Crippen molar-refractivity contribution in [1.29, 1.82) is 0 Å². The molecule has 0 aromatic heterocycles. The topological polar surface area (TPSA) is 20.2 Å². The van der Waals surface area contributed by atoms with Gasteiger partial charge in [-0.25, -0.2) is 0 Å². The number of rotatable bonds is 10. The highest BCUT2D eigenvalue weighted by Crippen LogP contribution is 2.29. The van der Waals surface area contributed by atoms with E-state index in [1.54, 1.807) is 0 Å². The standard InChI is InChI=1S/C16H34NO/c1-3-5-9-16-10-13-17(15-16,11-6-4-2)12-7-8-14-18/h16,18H,3-15H2,1-2H3/q+1. The monoisotopic (exact) mass is 256 g/mol. The van der Waals surface area contributed by atoms with Gasteiger partial charge in [-0.3, -0.25) is 0 Å². The average Bonchev–Trinajstić information content (AvgIpc) is 2.78. The Morgan fingerprint density at radius 2 is 1.72 bits per heavy atom. The van der Waals surface area contributed by atoms with Crippen molar-refractivity contribution >= 4 is 0 Å². The maximum atomic E-state index is 8.96. The summed E-state index contributed by atoms with van der Waals surface area (Å²) in [5, 5.41) is 8.96. The van der Waals surface area contributed by atoms with E-state index in [4.69, 9.17) is 5.11 Å². The van der Waals surface area contributed by atoms with E-state index in [1.165, 1.54) is 75.6 Å². The first-order valence-corrected chi connectivity index (χ1v) is 8.22. The maximum Gasteiger partial charge on any atom is 0.0817 e. The van der Waals surface area contributed by atoms with Crippen LogP contribution >= 0.6 is 0 Å². The predicted molar refractivity (Wildman–Crippen MR) is 78.6 cm³/mol. The van der Waals surface area contributed by atoms with Crippen molar-refractivity contribution in [2.24, 2.45) is 5.92 Å². The van der Waals surface area contributed by atoms with Crippen LogP contribution in [0.4, 0.5) is 0 Å². The van der Waals surface area contributed by atoms with E-state index in [0.717, 1.165) is 12.3 Å². The van der Waals surface area contributed by atoms with E-state index in [2.05, 4.69) is 13.8 Å². The van der Waals surface area contributed by atoms with Gasteiger partial charge in [-0.1, -0.05) is 33.1 Å². The zero-order valence-electron chi connectivity index (χ0n) is 12.7. The Hall–Kier alpha value is -0.0800. The van der Waals surface area contributed by atoms with E-state index < -0.39 is 0 Å². The Labute approximate surface area is 114 Å². The van der Waals surface area contributed by atoms with Crippen molar-refractivity contribution in [1.82, 2.24) is 0 Å². The SMILES string of the molecule is CCCCC1CC[N+](CCCC)(CCCCO)C1. The van der Waals surface area contributed by atoms with Gasteiger partial charge in [-0.2, -0.15) is 0 Å². The molecule has 2 nitrogen and oxygen atoms in total. The van der Waals surface area contributed by atoms with E-state index in [1.807, 2.05) is 0 Å². The van der Waals surface area contributed by atoms with Crippen molar-refractivity contribution in [3.8, 4) is 0 Å². The minimum Gasteiger partial charge on any atom is -0.396 e. The Balaban J connectivity index is 2.40. The summed E-state index contributed by atoms with van der Waals surface area (Å²) in [4.78, 5) is 0.